The molecule has 0 saturated heterocycles. The van der Waals surface area contributed by atoms with Crippen molar-refractivity contribution in [2.75, 3.05) is 0 Å². The maximum absolute atomic E-state index is 8.65. The number of benzene rings is 1. The summed E-state index contributed by atoms with van der Waals surface area (Å²) < 4.78 is 0. The van der Waals surface area contributed by atoms with Gasteiger partial charge in [-0.1, -0.05) is 30.3 Å². The number of aromatic nitrogens is 6. The summed E-state index contributed by atoms with van der Waals surface area (Å²) in [7, 11) is 0. The summed E-state index contributed by atoms with van der Waals surface area (Å²) in [5, 5.41) is 20.7. The van der Waals surface area contributed by atoms with E-state index < -0.39 is 0 Å². The summed E-state index contributed by atoms with van der Waals surface area (Å²) in [5.74, 6) is 0.917. The number of hydrogen-bond donors (Lipinski definition) is 0. The second-order valence-electron chi connectivity index (χ2n) is 3.64. The number of tetrazole rings is 1. The Kier molecular flexibility index (Phi) is 2.67. The number of nitriles is 1. The maximum atomic E-state index is 8.65. The molecule has 3 aromatic rings. The van der Waals surface area contributed by atoms with Gasteiger partial charge in [0, 0.05) is 5.56 Å². The lowest BCUT2D eigenvalue weighted by Crippen LogP contribution is -2.03. The van der Waals surface area contributed by atoms with Gasteiger partial charge in [-0.25, -0.2) is 9.97 Å². The standard InChI is InChI=1S/C12H7N7/c13-6-10-7-15-11(8-14-10)19-17-12(16-18-19)9-4-2-1-3-5-9/h1-5,7-8H. The summed E-state index contributed by atoms with van der Waals surface area (Å²) >= 11 is 0. The lowest BCUT2D eigenvalue weighted by atomic mass is 10.2. The third kappa shape index (κ3) is 2.14. The molecule has 2 heterocycles. The van der Waals surface area contributed by atoms with Gasteiger partial charge in [0.05, 0.1) is 12.4 Å². The van der Waals surface area contributed by atoms with Crippen molar-refractivity contribution in [3.8, 4) is 23.3 Å². The van der Waals surface area contributed by atoms with Gasteiger partial charge in [0.25, 0.3) is 0 Å². The van der Waals surface area contributed by atoms with Gasteiger partial charge in [-0.15, -0.1) is 15.0 Å². The SMILES string of the molecule is N#Cc1cnc(-n2nnc(-c3ccccc3)n2)cn1. The summed E-state index contributed by atoms with van der Waals surface area (Å²) in [6.45, 7) is 0. The highest BCUT2D eigenvalue weighted by atomic mass is 15.6. The first-order valence-corrected chi connectivity index (χ1v) is 5.45. The first-order valence-electron chi connectivity index (χ1n) is 5.45. The molecule has 3 rings (SSSR count). The van der Waals surface area contributed by atoms with E-state index in [1.807, 2.05) is 36.4 Å². The van der Waals surface area contributed by atoms with Crippen LogP contribution in [0.5, 0.6) is 0 Å². The van der Waals surface area contributed by atoms with Crippen LogP contribution in [0.3, 0.4) is 0 Å². The molecule has 0 atom stereocenters. The molecule has 1 aromatic carbocycles. The molecule has 0 bridgehead atoms. The molecule has 0 amide bonds. The highest BCUT2D eigenvalue weighted by Gasteiger charge is 2.07. The third-order valence-corrected chi connectivity index (χ3v) is 2.40. The van der Waals surface area contributed by atoms with E-state index in [4.69, 9.17) is 5.26 Å². The van der Waals surface area contributed by atoms with Crippen LogP contribution in [-0.2, 0) is 0 Å². The second-order valence-corrected chi connectivity index (χ2v) is 3.64. The van der Waals surface area contributed by atoms with Crippen LogP contribution in [0.2, 0.25) is 0 Å². The van der Waals surface area contributed by atoms with E-state index in [1.165, 1.54) is 17.2 Å². The fourth-order valence-electron chi connectivity index (χ4n) is 1.50. The minimum atomic E-state index is 0.243. The van der Waals surface area contributed by atoms with Crippen molar-refractivity contribution in [2.45, 2.75) is 0 Å². The van der Waals surface area contributed by atoms with Gasteiger partial charge in [0.1, 0.15) is 6.07 Å². The molecule has 7 heteroatoms. The van der Waals surface area contributed by atoms with Gasteiger partial charge in [-0.05, 0) is 5.21 Å². The van der Waals surface area contributed by atoms with Gasteiger partial charge in [0.2, 0.25) is 5.82 Å². The van der Waals surface area contributed by atoms with Gasteiger partial charge in [-0.3, -0.25) is 0 Å². The smallest absolute Gasteiger partial charge is 0.205 e. The van der Waals surface area contributed by atoms with Crippen LogP contribution in [0, 0.1) is 11.3 Å². The predicted octanol–water partition coefficient (Wildman–Crippen LogP) is 0.991. The zero-order valence-electron chi connectivity index (χ0n) is 9.67. The van der Waals surface area contributed by atoms with Crippen molar-refractivity contribution in [2.24, 2.45) is 0 Å². The Morgan fingerprint density at radius 2 is 1.89 bits per heavy atom. The summed E-state index contributed by atoms with van der Waals surface area (Å²) in [6.07, 6.45) is 2.79. The summed E-state index contributed by atoms with van der Waals surface area (Å²) in [4.78, 5) is 9.22. The van der Waals surface area contributed by atoms with Crippen LogP contribution >= 0.6 is 0 Å². The van der Waals surface area contributed by atoms with Crippen LogP contribution in [0.25, 0.3) is 17.2 Å². The molecule has 2 aromatic heterocycles. The Labute approximate surface area is 108 Å². The van der Waals surface area contributed by atoms with Crippen LogP contribution < -0.4 is 0 Å². The fraction of sp³-hybridized carbons (Fsp3) is 0. The monoisotopic (exact) mass is 249 g/mol. The van der Waals surface area contributed by atoms with Crippen LogP contribution in [0.4, 0.5) is 0 Å². The maximum Gasteiger partial charge on any atom is 0.205 e. The van der Waals surface area contributed by atoms with Crippen molar-refractivity contribution in [3.05, 3.63) is 48.4 Å². The van der Waals surface area contributed by atoms with Gasteiger partial charge in [-0.2, -0.15) is 5.26 Å². The lowest BCUT2D eigenvalue weighted by molar-refractivity contribution is 0.696. The fourth-order valence-corrected chi connectivity index (χ4v) is 1.50. The molecule has 7 nitrogen and oxygen atoms in total. The lowest BCUT2D eigenvalue weighted by Gasteiger charge is -1.95. The Hall–Kier alpha value is -3.14. The molecule has 0 saturated carbocycles. The van der Waals surface area contributed by atoms with Crippen molar-refractivity contribution < 1.29 is 0 Å². The zero-order chi connectivity index (χ0) is 13.1. The van der Waals surface area contributed by atoms with E-state index in [1.54, 1.807) is 0 Å². The molecular formula is C12H7N7. The van der Waals surface area contributed by atoms with E-state index in [0.29, 0.717) is 11.6 Å². The Morgan fingerprint density at radius 3 is 2.58 bits per heavy atom. The molecule has 19 heavy (non-hydrogen) atoms. The largest absolute Gasteiger partial charge is 0.240 e. The van der Waals surface area contributed by atoms with Crippen molar-refractivity contribution in [1.29, 1.82) is 5.26 Å². The molecule has 0 spiro atoms. The molecule has 0 aliphatic heterocycles. The second kappa shape index (κ2) is 4.62. The van der Waals surface area contributed by atoms with E-state index in [9.17, 15) is 0 Å². The topological polar surface area (TPSA) is 93.2 Å². The highest BCUT2D eigenvalue weighted by Crippen LogP contribution is 2.12. The summed E-state index contributed by atoms with van der Waals surface area (Å²) in [6, 6.07) is 11.4. The minimum Gasteiger partial charge on any atom is -0.240 e. The first kappa shape index (κ1) is 11.0. The Bertz CT molecular complexity index is 725. The van der Waals surface area contributed by atoms with Crippen LogP contribution in [0.1, 0.15) is 5.69 Å². The third-order valence-electron chi connectivity index (χ3n) is 2.40. The van der Waals surface area contributed by atoms with Gasteiger partial charge >= 0.3 is 0 Å². The number of rotatable bonds is 2. The van der Waals surface area contributed by atoms with Crippen LogP contribution in [-0.4, -0.2) is 30.2 Å². The molecule has 0 radical (unpaired) electrons. The average Bonchev–Trinajstić information content (AvgIpc) is 2.98. The van der Waals surface area contributed by atoms with E-state index in [-0.39, 0.29) is 5.69 Å². The predicted molar refractivity (Wildman–Crippen MR) is 64.9 cm³/mol. The number of nitrogens with zero attached hydrogens (tertiary/aromatic N) is 7. The molecule has 0 N–H and O–H groups in total. The molecule has 90 valence electrons. The van der Waals surface area contributed by atoms with Crippen LogP contribution in [0.15, 0.2) is 42.7 Å². The van der Waals surface area contributed by atoms with Crippen molar-refractivity contribution in [3.63, 3.8) is 0 Å². The average molecular weight is 249 g/mol. The van der Waals surface area contributed by atoms with Gasteiger partial charge in [0.15, 0.2) is 11.5 Å². The normalized spacial score (nSPS) is 10.1. The zero-order valence-corrected chi connectivity index (χ0v) is 9.67. The van der Waals surface area contributed by atoms with E-state index in [2.05, 4.69) is 25.4 Å². The molecule has 0 fully saturated rings. The van der Waals surface area contributed by atoms with E-state index in [0.717, 1.165) is 5.56 Å². The van der Waals surface area contributed by atoms with Gasteiger partial charge < -0.3 is 0 Å². The number of hydrogen-bond acceptors (Lipinski definition) is 6. The quantitative estimate of drug-likeness (QED) is 0.672. The van der Waals surface area contributed by atoms with Crippen molar-refractivity contribution >= 4 is 0 Å². The molecular weight excluding hydrogens is 242 g/mol. The minimum absolute atomic E-state index is 0.243. The van der Waals surface area contributed by atoms with E-state index >= 15 is 0 Å². The highest BCUT2D eigenvalue weighted by molar-refractivity contribution is 5.53. The Balaban J connectivity index is 1.95. The van der Waals surface area contributed by atoms with Crippen molar-refractivity contribution in [1.82, 2.24) is 30.2 Å². The molecule has 0 aliphatic carbocycles. The molecule has 0 unspecified atom stereocenters. The molecule has 0 aliphatic rings. The Morgan fingerprint density at radius 1 is 1.05 bits per heavy atom. The first-order chi connectivity index (χ1) is 9.36. The summed E-state index contributed by atoms with van der Waals surface area (Å²) in [5.41, 5.74) is 1.11.